The normalized spacial score (nSPS) is 22.8. The van der Waals surface area contributed by atoms with Crippen molar-refractivity contribution in [2.45, 2.75) is 24.6 Å². The summed E-state index contributed by atoms with van der Waals surface area (Å²) in [6.45, 7) is -0.322. The summed E-state index contributed by atoms with van der Waals surface area (Å²) in [6, 6.07) is 11.9. The molecule has 0 aliphatic carbocycles. The number of methoxy groups -OCH3 is 1. The van der Waals surface area contributed by atoms with Crippen LogP contribution in [0.5, 0.6) is 46.0 Å². The average Bonchev–Trinajstić information content (AvgIpc) is 2.83. The molecule has 10 heteroatoms. The third-order valence-corrected chi connectivity index (χ3v) is 5.65. The highest BCUT2D eigenvalue weighted by atomic mass is 16.7. The first-order chi connectivity index (χ1) is 16.4. The maximum atomic E-state index is 10.5. The molecule has 0 bridgehead atoms. The molecule has 2 aliphatic heterocycles. The van der Waals surface area contributed by atoms with Crippen molar-refractivity contribution in [3.05, 3.63) is 59.7 Å². The zero-order chi connectivity index (χ0) is 24.0. The second kappa shape index (κ2) is 8.40. The first kappa shape index (κ1) is 21.8. The Bertz CT molecular complexity index is 1230. The van der Waals surface area contributed by atoms with Crippen molar-refractivity contribution in [3.8, 4) is 46.0 Å². The Balaban J connectivity index is 1.46. The van der Waals surface area contributed by atoms with Gasteiger partial charge in [-0.05, 0) is 24.3 Å². The summed E-state index contributed by atoms with van der Waals surface area (Å²) in [7, 11) is 1.43. The van der Waals surface area contributed by atoms with Gasteiger partial charge >= 0.3 is 0 Å². The van der Waals surface area contributed by atoms with E-state index in [2.05, 4.69) is 0 Å². The fourth-order valence-electron chi connectivity index (χ4n) is 4.01. The highest BCUT2D eigenvalue weighted by Gasteiger charge is 2.37. The van der Waals surface area contributed by atoms with E-state index in [0.29, 0.717) is 22.6 Å². The summed E-state index contributed by atoms with van der Waals surface area (Å²) in [5.41, 5.74) is 1.09. The van der Waals surface area contributed by atoms with Crippen molar-refractivity contribution in [2.24, 2.45) is 0 Å². The van der Waals surface area contributed by atoms with Crippen molar-refractivity contribution >= 4 is 0 Å². The molecule has 0 radical (unpaired) electrons. The van der Waals surface area contributed by atoms with Crippen LogP contribution in [-0.2, 0) is 0 Å². The van der Waals surface area contributed by atoms with E-state index in [1.165, 1.54) is 19.2 Å². The van der Waals surface area contributed by atoms with Gasteiger partial charge in [-0.15, -0.1) is 0 Å². The quantitative estimate of drug-likeness (QED) is 0.385. The van der Waals surface area contributed by atoms with Crippen LogP contribution in [-0.4, -0.2) is 51.6 Å². The van der Waals surface area contributed by atoms with E-state index in [9.17, 15) is 25.5 Å². The van der Waals surface area contributed by atoms with Crippen LogP contribution < -0.4 is 23.7 Å². The van der Waals surface area contributed by atoms with Crippen LogP contribution in [0.15, 0.2) is 48.5 Å². The average molecular weight is 470 g/mol. The number of hydrogen-bond acceptors (Lipinski definition) is 10. The number of hydrogen-bond donors (Lipinski definition) is 5. The molecule has 4 unspecified atom stereocenters. The Hall–Kier alpha value is -4.02. The largest absolute Gasteiger partial charge is 0.508 e. The second-order valence-corrected chi connectivity index (χ2v) is 7.85. The molecular weight excluding hydrogens is 448 g/mol. The number of benzene rings is 3. The maximum absolute atomic E-state index is 10.5. The number of phenols is 3. The summed E-state index contributed by atoms with van der Waals surface area (Å²) < 4.78 is 28.5. The van der Waals surface area contributed by atoms with E-state index in [-0.39, 0.29) is 41.1 Å². The molecule has 3 aromatic carbocycles. The standard InChI is InChI=1S/C24H22O10/c1-30-17-6-11(2-4-14(17)27)21-20(10-25)31-16-5-3-12(7-18(16)32-21)22-24(29)34-23-15(28)8-13(26)9-19(23)33-22/h2-9,20-22,24-29H,10H2,1H3. The summed E-state index contributed by atoms with van der Waals surface area (Å²) in [4.78, 5) is 0. The van der Waals surface area contributed by atoms with E-state index in [4.69, 9.17) is 23.7 Å². The molecule has 10 nitrogen and oxygen atoms in total. The zero-order valence-corrected chi connectivity index (χ0v) is 17.9. The minimum absolute atomic E-state index is 0.0352. The van der Waals surface area contributed by atoms with Gasteiger partial charge in [-0.1, -0.05) is 12.1 Å². The SMILES string of the molecule is COc1cc(C2Oc3cc(C4Oc5cc(O)cc(O)c5OC4O)ccc3OC2CO)ccc1O. The lowest BCUT2D eigenvalue weighted by Gasteiger charge is -2.35. The van der Waals surface area contributed by atoms with Gasteiger partial charge in [0.15, 0.2) is 52.8 Å². The van der Waals surface area contributed by atoms with E-state index in [1.54, 1.807) is 30.3 Å². The molecule has 0 fully saturated rings. The summed E-state index contributed by atoms with van der Waals surface area (Å²) in [5, 5.41) is 50.0. The van der Waals surface area contributed by atoms with Gasteiger partial charge in [-0.2, -0.15) is 0 Å². The molecule has 3 aromatic rings. The van der Waals surface area contributed by atoms with Crippen LogP contribution >= 0.6 is 0 Å². The molecule has 2 heterocycles. The molecule has 4 atom stereocenters. The Morgan fingerprint density at radius 3 is 2.26 bits per heavy atom. The highest BCUT2D eigenvalue weighted by molar-refractivity contribution is 5.56. The second-order valence-electron chi connectivity index (χ2n) is 7.85. The van der Waals surface area contributed by atoms with E-state index < -0.39 is 24.6 Å². The first-order valence-corrected chi connectivity index (χ1v) is 10.4. The molecule has 0 saturated carbocycles. The lowest BCUT2D eigenvalue weighted by Crippen LogP contribution is -2.36. The van der Waals surface area contributed by atoms with E-state index in [0.717, 1.165) is 6.07 Å². The van der Waals surface area contributed by atoms with Gasteiger partial charge < -0.3 is 49.2 Å². The Kier molecular flexibility index (Phi) is 5.39. The van der Waals surface area contributed by atoms with Crippen molar-refractivity contribution in [1.82, 2.24) is 0 Å². The van der Waals surface area contributed by atoms with Gasteiger partial charge in [-0.3, -0.25) is 0 Å². The summed E-state index contributed by atoms with van der Waals surface area (Å²) in [5.74, 6) is 0.330. The number of rotatable bonds is 4. The topological polar surface area (TPSA) is 147 Å². The van der Waals surface area contributed by atoms with Gasteiger partial charge in [0.05, 0.1) is 13.7 Å². The molecular formula is C24H22O10. The Labute approximate surface area is 193 Å². The third kappa shape index (κ3) is 3.72. The number of aliphatic hydroxyl groups excluding tert-OH is 2. The van der Waals surface area contributed by atoms with Gasteiger partial charge in [0, 0.05) is 23.3 Å². The number of ether oxygens (including phenoxy) is 5. The van der Waals surface area contributed by atoms with Crippen LogP contribution in [0, 0.1) is 0 Å². The first-order valence-electron chi connectivity index (χ1n) is 10.4. The minimum Gasteiger partial charge on any atom is -0.508 e. The van der Waals surface area contributed by atoms with Crippen LogP contribution in [0.25, 0.3) is 0 Å². The monoisotopic (exact) mass is 470 g/mol. The fourth-order valence-corrected chi connectivity index (χ4v) is 4.01. The van der Waals surface area contributed by atoms with Crippen LogP contribution in [0.2, 0.25) is 0 Å². The van der Waals surface area contributed by atoms with Crippen molar-refractivity contribution in [2.75, 3.05) is 13.7 Å². The number of fused-ring (bicyclic) bond motifs is 2. The van der Waals surface area contributed by atoms with E-state index >= 15 is 0 Å². The highest BCUT2D eigenvalue weighted by Crippen LogP contribution is 2.48. The van der Waals surface area contributed by atoms with Crippen molar-refractivity contribution in [1.29, 1.82) is 0 Å². The molecule has 0 amide bonds. The molecule has 2 aliphatic rings. The van der Waals surface area contributed by atoms with Gasteiger partial charge in [0.2, 0.25) is 12.0 Å². The lowest BCUT2D eigenvalue weighted by molar-refractivity contribution is -0.117. The van der Waals surface area contributed by atoms with Crippen molar-refractivity contribution in [3.63, 3.8) is 0 Å². The van der Waals surface area contributed by atoms with Gasteiger partial charge in [0.25, 0.3) is 0 Å². The van der Waals surface area contributed by atoms with Gasteiger partial charge in [0.1, 0.15) is 5.75 Å². The molecule has 0 aromatic heterocycles. The molecule has 0 spiro atoms. The fraction of sp³-hybridized carbons (Fsp3) is 0.250. The third-order valence-electron chi connectivity index (χ3n) is 5.65. The van der Waals surface area contributed by atoms with Crippen LogP contribution in [0.3, 0.4) is 0 Å². The lowest BCUT2D eigenvalue weighted by atomic mass is 10.0. The maximum Gasteiger partial charge on any atom is 0.239 e. The molecule has 178 valence electrons. The van der Waals surface area contributed by atoms with E-state index in [1.807, 2.05) is 0 Å². The number of aromatic hydroxyl groups is 3. The minimum atomic E-state index is -1.45. The Morgan fingerprint density at radius 1 is 0.765 bits per heavy atom. The number of aliphatic hydroxyl groups is 2. The smallest absolute Gasteiger partial charge is 0.239 e. The van der Waals surface area contributed by atoms with Gasteiger partial charge in [-0.25, -0.2) is 0 Å². The molecule has 0 saturated heterocycles. The predicted octanol–water partition coefficient (Wildman–Crippen LogP) is 2.52. The Morgan fingerprint density at radius 2 is 1.50 bits per heavy atom. The number of phenolic OH excluding ortho intramolecular Hbond substituents is 3. The van der Waals surface area contributed by atoms with Crippen molar-refractivity contribution < 1.29 is 49.2 Å². The molecule has 34 heavy (non-hydrogen) atoms. The zero-order valence-electron chi connectivity index (χ0n) is 17.9. The van der Waals surface area contributed by atoms with Crippen LogP contribution in [0.4, 0.5) is 0 Å². The predicted molar refractivity (Wildman–Crippen MR) is 116 cm³/mol. The molecule has 5 rings (SSSR count). The van der Waals surface area contributed by atoms with Crippen LogP contribution in [0.1, 0.15) is 23.3 Å². The molecule has 5 N–H and O–H groups in total. The summed E-state index contributed by atoms with van der Waals surface area (Å²) >= 11 is 0. The summed E-state index contributed by atoms with van der Waals surface area (Å²) in [6.07, 6.45) is -3.88.